The molecular formula is C18H20FNO3. The molecule has 4 nitrogen and oxygen atoms in total. The number of methoxy groups -OCH3 is 2. The summed E-state index contributed by atoms with van der Waals surface area (Å²) in [6, 6.07) is 13.5. The van der Waals surface area contributed by atoms with E-state index < -0.39 is 0 Å². The topological polar surface area (TPSA) is 47.6 Å². The molecule has 0 spiro atoms. The van der Waals surface area contributed by atoms with Crippen LogP contribution in [0, 0.1) is 5.82 Å². The number of carbonyl (C=O) groups is 1. The molecule has 2 aromatic rings. The lowest BCUT2D eigenvalue weighted by atomic mass is 9.98. The molecule has 2 rings (SSSR count). The minimum absolute atomic E-state index is 0.00390. The Morgan fingerprint density at radius 2 is 1.74 bits per heavy atom. The predicted octanol–water partition coefficient (Wildman–Crippen LogP) is 2.88. The van der Waals surface area contributed by atoms with Crippen LogP contribution in [0.1, 0.15) is 17.2 Å². The summed E-state index contributed by atoms with van der Waals surface area (Å²) in [5.41, 5.74) is 1.88. The van der Waals surface area contributed by atoms with Crippen molar-refractivity contribution in [2.45, 2.75) is 12.5 Å². The first kappa shape index (κ1) is 17.0. The highest BCUT2D eigenvalue weighted by Gasteiger charge is 2.15. The second kappa shape index (κ2) is 8.29. The summed E-state index contributed by atoms with van der Waals surface area (Å²) < 4.78 is 23.1. The zero-order chi connectivity index (χ0) is 16.7. The Bertz CT molecular complexity index is 626. The van der Waals surface area contributed by atoms with E-state index in [-0.39, 0.29) is 24.4 Å². The third kappa shape index (κ3) is 5.07. The summed E-state index contributed by atoms with van der Waals surface area (Å²) in [7, 11) is 3.08. The van der Waals surface area contributed by atoms with Crippen molar-refractivity contribution in [1.82, 2.24) is 5.32 Å². The third-order valence-electron chi connectivity index (χ3n) is 3.48. The lowest BCUT2D eigenvalue weighted by Gasteiger charge is -2.20. The fourth-order valence-corrected chi connectivity index (χ4v) is 2.31. The molecule has 0 heterocycles. The minimum atomic E-state index is -0.279. The predicted molar refractivity (Wildman–Crippen MR) is 85.9 cm³/mol. The number of hydrogen-bond acceptors (Lipinski definition) is 3. The molecule has 0 saturated heterocycles. The number of nitrogens with one attached hydrogen (secondary N) is 1. The van der Waals surface area contributed by atoms with E-state index in [1.807, 2.05) is 24.3 Å². The van der Waals surface area contributed by atoms with Crippen LogP contribution in [0.5, 0.6) is 5.75 Å². The monoisotopic (exact) mass is 317 g/mol. The molecule has 122 valence electrons. The number of halogens is 1. The number of amides is 1. The summed E-state index contributed by atoms with van der Waals surface area (Å²) in [6.45, 7) is -0.00390. The maximum atomic E-state index is 13.0. The van der Waals surface area contributed by atoms with Gasteiger partial charge in [-0.1, -0.05) is 24.3 Å². The van der Waals surface area contributed by atoms with Crippen molar-refractivity contribution in [2.75, 3.05) is 20.8 Å². The summed E-state index contributed by atoms with van der Waals surface area (Å²) in [5, 5.41) is 2.94. The number of ether oxygens (including phenoxy) is 2. The zero-order valence-electron chi connectivity index (χ0n) is 13.2. The summed E-state index contributed by atoms with van der Waals surface area (Å²) >= 11 is 0. The molecule has 0 aliphatic carbocycles. The normalized spacial score (nSPS) is 11.8. The van der Waals surface area contributed by atoms with Crippen molar-refractivity contribution >= 4 is 5.91 Å². The fourth-order valence-electron chi connectivity index (χ4n) is 2.31. The van der Waals surface area contributed by atoms with E-state index in [4.69, 9.17) is 9.47 Å². The van der Waals surface area contributed by atoms with Crippen molar-refractivity contribution in [3.05, 3.63) is 65.5 Å². The fraction of sp³-hybridized carbons (Fsp3) is 0.278. The van der Waals surface area contributed by atoms with E-state index in [0.29, 0.717) is 6.42 Å². The quantitative estimate of drug-likeness (QED) is 0.854. The van der Waals surface area contributed by atoms with Gasteiger partial charge in [-0.05, 0) is 41.8 Å². The smallest absolute Gasteiger partial charge is 0.246 e. The van der Waals surface area contributed by atoms with Crippen molar-refractivity contribution in [3.8, 4) is 5.75 Å². The van der Waals surface area contributed by atoms with Crippen LogP contribution in [-0.4, -0.2) is 26.7 Å². The first-order valence-corrected chi connectivity index (χ1v) is 7.29. The van der Waals surface area contributed by atoms with Crippen LogP contribution in [0.15, 0.2) is 48.5 Å². The molecule has 1 N–H and O–H groups in total. The van der Waals surface area contributed by atoms with Crippen LogP contribution < -0.4 is 10.1 Å². The zero-order valence-corrected chi connectivity index (χ0v) is 13.2. The molecule has 0 fully saturated rings. The molecule has 23 heavy (non-hydrogen) atoms. The molecule has 0 unspecified atom stereocenters. The molecule has 0 radical (unpaired) electrons. The summed E-state index contributed by atoms with van der Waals surface area (Å²) in [5.74, 6) is 0.270. The average Bonchev–Trinajstić information content (AvgIpc) is 2.56. The molecule has 1 atom stereocenters. The molecule has 0 aromatic heterocycles. The average molecular weight is 317 g/mol. The van der Waals surface area contributed by atoms with E-state index in [1.54, 1.807) is 19.2 Å². The highest BCUT2D eigenvalue weighted by molar-refractivity contribution is 5.77. The van der Waals surface area contributed by atoms with E-state index in [1.165, 1.54) is 19.2 Å². The Morgan fingerprint density at radius 3 is 2.30 bits per heavy atom. The van der Waals surface area contributed by atoms with Crippen LogP contribution >= 0.6 is 0 Å². The summed E-state index contributed by atoms with van der Waals surface area (Å²) in [4.78, 5) is 11.9. The second-order valence-electron chi connectivity index (χ2n) is 5.16. The molecule has 0 aliphatic rings. The Balaban J connectivity index is 2.19. The van der Waals surface area contributed by atoms with E-state index in [0.717, 1.165) is 16.9 Å². The van der Waals surface area contributed by atoms with Crippen LogP contribution in [-0.2, 0) is 16.0 Å². The van der Waals surface area contributed by atoms with E-state index >= 15 is 0 Å². The Kier molecular flexibility index (Phi) is 6.11. The van der Waals surface area contributed by atoms with E-state index in [2.05, 4.69) is 5.32 Å². The van der Waals surface area contributed by atoms with E-state index in [9.17, 15) is 9.18 Å². The molecule has 0 aliphatic heterocycles. The van der Waals surface area contributed by atoms with Crippen LogP contribution in [0.2, 0.25) is 0 Å². The van der Waals surface area contributed by atoms with Crippen LogP contribution in [0.4, 0.5) is 4.39 Å². The highest BCUT2D eigenvalue weighted by Crippen LogP contribution is 2.21. The largest absolute Gasteiger partial charge is 0.497 e. The molecule has 5 heteroatoms. The maximum Gasteiger partial charge on any atom is 0.246 e. The van der Waals surface area contributed by atoms with Gasteiger partial charge >= 0.3 is 0 Å². The number of hydrogen-bond donors (Lipinski definition) is 1. The molecule has 0 bridgehead atoms. The number of carbonyl (C=O) groups excluding carboxylic acids is 1. The van der Waals surface area contributed by atoms with Gasteiger partial charge in [0, 0.05) is 7.11 Å². The molecular weight excluding hydrogens is 297 g/mol. The van der Waals surface area contributed by atoms with Gasteiger partial charge in [0.15, 0.2) is 0 Å². The summed E-state index contributed by atoms with van der Waals surface area (Å²) in [6.07, 6.45) is 0.558. The van der Waals surface area contributed by atoms with Gasteiger partial charge in [-0.15, -0.1) is 0 Å². The highest BCUT2D eigenvalue weighted by atomic mass is 19.1. The first-order valence-electron chi connectivity index (χ1n) is 7.29. The van der Waals surface area contributed by atoms with Gasteiger partial charge in [0.25, 0.3) is 0 Å². The van der Waals surface area contributed by atoms with Crippen LogP contribution in [0.25, 0.3) is 0 Å². The Hall–Kier alpha value is -2.40. The maximum absolute atomic E-state index is 13.0. The van der Waals surface area contributed by atoms with Gasteiger partial charge in [0.2, 0.25) is 5.91 Å². The van der Waals surface area contributed by atoms with Gasteiger partial charge < -0.3 is 14.8 Å². The third-order valence-corrected chi connectivity index (χ3v) is 3.48. The Labute approximate surface area is 135 Å². The van der Waals surface area contributed by atoms with Gasteiger partial charge in [-0.2, -0.15) is 0 Å². The van der Waals surface area contributed by atoms with Crippen molar-refractivity contribution in [3.63, 3.8) is 0 Å². The van der Waals surface area contributed by atoms with Gasteiger partial charge in [0.05, 0.1) is 13.2 Å². The van der Waals surface area contributed by atoms with Crippen molar-refractivity contribution < 1.29 is 18.7 Å². The van der Waals surface area contributed by atoms with Gasteiger partial charge in [0.1, 0.15) is 18.2 Å². The van der Waals surface area contributed by atoms with Crippen LogP contribution in [0.3, 0.4) is 0 Å². The van der Waals surface area contributed by atoms with Crippen molar-refractivity contribution in [1.29, 1.82) is 0 Å². The molecule has 1 amide bonds. The molecule has 0 saturated carbocycles. The van der Waals surface area contributed by atoms with Gasteiger partial charge in [-0.3, -0.25) is 4.79 Å². The SMILES string of the molecule is COCC(=O)N[C@@H](Cc1ccc(F)cc1)c1ccc(OC)cc1. The Morgan fingerprint density at radius 1 is 1.09 bits per heavy atom. The lowest BCUT2D eigenvalue weighted by molar-refractivity contribution is -0.125. The van der Waals surface area contributed by atoms with Crippen molar-refractivity contribution in [2.24, 2.45) is 0 Å². The number of benzene rings is 2. The number of rotatable bonds is 7. The first-order chi connectivity index (χ1) is 11.1. The lowest BCUT2D eigenvalue weighted by Crippen LogP contribution is -2.32. The van der Waals surface area contributed by atoms with Gasteiger partial charge in [-0.25, -0.2) is 4.39 Å². The molecule has 2 aromatic carbocycles. The standard InChI is InChI=1S/C18H20FNO3/c1-22-12-18(21)20-17(11-13-3-7-15(19)8-4-13)14-5-9-16(23-2)10-6-14/h3-10,17H,11-12H2,1-2H3,(H,20,21)/t17-/m0/s1. The minimum Gasteiger partial charge on any atom is -0.497 e. The second-order valence-corrected chi connectivity index (χ2v) is 5.16.